The fourth-order valence-corrected chi connectivity index (χ4v) is 0.903. The Hall–Kier alpha value is -1.79. The summed E-state index contributed by atoms with van der Waals surface area (Å²) in [4.78, 5) is 34.5. The highest BCUT2D eigenvalue weighted by Crippen LogP contribution is 1.92. The lowest BCUT2D eigenvalue weighted by Crippen LogP contribution is -2.45. The third-order valence-corrected chi connectivity index (χ3v) is 1.71. The molecule has 0 aliphatic carbocycles. The third kappa shape index (κ3) is 5.18. The van der Waals surface area contributed by atoms with Crippen LogP contribution in [0.5, 0.6) is 0 Å². The highest BCUT2D eigenvalue weighted by molar-refractivity contribution is 5.84. The number of nitrogens with one attached hydrogen (secondary N) is 1. The molecular formula is C9H16N2O5. The van der Waals surface area contributed by atoms with E-state index in [0.29, 0.717) is 6.54 Å². The summed E-state index contributed by atoms with van der Waals surface area (Å²) < 4.78 is 8.82. The molecule has 92 valence electrons. The molecule has 0 unspecified atom stereocenters. The number of urea groups is 1. The van der Waals surface area contributed by atoms with Gasteiger partial charge in [0.15, 0.2) is 0 Å². The summed E-state index contributed by atoms with van der Waals surface area (Å²) in [5.41, 5.74) is 0. The summed E-state index contributed by atoms with van der Waals surface area (Å²) in [6.07, 6.45) is 0. The first-order valence-electron chi connectivity index (χ1n) is 4.71. The van der Waals surface area contributed by atoms with Gasteiger partial charge in [-0.05, 0) is 6.92 Å². The van der Waals surface area contributed by atoms with E-state index < -0.39 is 18.0 Å². The van der Waals surface area contributed by atoms with Crippen LogP contribution in [0.3, 0.4) is 0 Å². The SMILES string of the molecule is CCNC(=O)N(CC(=O)OC)CC(=O)OC. The van der Waals surface area contributed by atoms with Gasteiger partial charge < -0.3 is 19.7 Å². The molecule has 0 heterocycles. The number of rotatable bonds is 5. The van der Waals surface area contributed by atoms with Crippen molar-refractivity contribution in [1.29, 1.82) is 0 Å². The van der Waals surface area contributed by atoms with Gasteiger partial charge in [0.05, 0.1) is 14.2 Å². The topological polar surface area (TPSA) is 84.9 Å². The average Bonchev–Trinajstić information content (AvgIpc) is 2.27. The molecule has 7 heteroatoms. The molecule has 2 amide bonds. The van der Waals surface area contributed by atoms with E-state index in [0.717, 1.165) is 4.90 Å². The van der Waals surface area contributed by atoms with Crippen molar-refractivity contribution in [2.24, 2.45) is 0 Å². The first-order chi connectivity index (χ1) is 7.54. The number of hydrogen-bond acceptors (Lipinski definition) is 5. The van der Waals surface area contributed by atoms with Crippen molar-refractivity contribution in [2.75, 3.05) is 33.9 Å². The summed E-state index contributed by atoms with van der Waals surface area (Å²) in [6.45, 7) is 1.54. The van der Waals surface area contributed by atoms with Crippen molar-refractivity contribution >= 4 is 18.0 Å². The molecule has 0 aromatic heterocycles. The second kappa shape index (κ2) is 7.49. The molecule has 0 bridgehead atoms. The smallest absolute Gasteiger partial charge is 0.325 e. The minimum atomic E-state index is -0.602. The number of carbonyl (C=O) groups is 3. The fraction of sp³-hybridized carbons (Fsp3) is 0.667. The summed E-state index contributed by atoms with van der Waals surface area (Å²) in [6, 6.07) is -0.515. The Morgan fingerprint density at radius 3 is 1.81 bits per heavy atom. The summed E-state index contributed by atoms with van der Waals surface area (Å²) >= 11 is 0. The molecule has 7 nitrogen and oxygen atoms in total. The van der Waals surface area contributed by atoms with Crippen LogP contribution in [0.15, 0.2) is 0 Å². The Bertz CT molecular complexity index is 249. The second-order valence-corrected chi connectivity index (χ2v) is 2.84. The minimum Gasteiger partial charge on any atom is -0.468 e. The maximum Gasteiger partial charge on any atom is 0.325 e. The Balaban J connectivity index is 4.43. The maximum absolute atomic E-state index is 11.4. The predicted molar refractivity (Wildman–Crippen MR) is 54.7 cm³/mol. The van der Waals surface area contributed by atoms with Crippen molar-refractivity contribution in [3.8, 4) is 0 Å². The largest absolute Gasteiger partial charge is 0.468 e. The van der Waals surface area contributed by atoms with E-state index in [9.17, 15) is 14.4 Å². The molecule has 0 aromatic carbocycles. The maximum atomic E-state index is 11.4. The molecule has 0 saturated carbocycles. The van der Waals surface area contributed by atoms with Crippen molar-refractivity contribution in [1.82, 2.24) is 10.2 Å². The molecule has 1 N–H and O–H groups in total. The normalized spacial score (nSPS) is 9.19. The van der Waals surface area contributed by atoms with Crippen LogP contribution in [0.4, 0.5) is 4.79 Å². The van der Waals surface area contributed by atoms with E-state index in [2.05, 4.69) is 14.8 Å². The first-order valence-corrected chi connectivity index (χ1v) is 4.71. The number of hydrogen-bond donors (Lipinski definition) is 1. The molecule has 0 saturated heterocycles. The van der Waals surface area contributed by atoms with Crippen LogP contribution >= 0.6 is 0 Å². The van der Waals surface area contributed by atoms with Crippen molar-refractivity contribution in [3.63, 3.8) is 0 Å². The van der Waals surface area contributed by atoms with Crippen LogP contribution in [0.25, 0.3) is 0 Å². The van der Waals surface area contributed by atoms with Gasteiger partial charge in [-0.2, -0.15) is 0 Å². The highest BCUT2D eigenvalue weighted by Gasteiger charge is 2.20. The Morgan fingerprint density at radius 2 is 1.50 bits per heavy atom. The van der Waals surface area contributed by atoms with Gasteiger partial charge in [-0.15, -0.1) is 0 Å². The molecule has 0 fully saturated rings. The van der Waals surface area contributed by atoms with Gasteiger partial charge in [0.25, 0.3) is 0 Å². The van der Waals surface area contributed by atoms with Crippen LogP contribution in [0.2, 0.25) is 0 Å². The van der Waals surface area contributed by atoms with Crippen LogP contribution in [-0.2, 0) is 19.1 Å². The summed E-state index contributed by atoms with van der Waals surface area (Å²) in [5.74, 6) is -1.20. The number of ether oxygens (including phenoxy) is 2. The minimum absolute atomic E-state index is 0.294. The van der Waals surface area contributed by atoms with Gasteiger partial charge in [0.2, 0.25) is 0 Å². The molecule has 0 aliphatic rings. The zero-order valence-electron chi connectivity index (χ0n) is 9.61. The standard InChI is InChI=1S/C9H16N2O5/c1-4-10-9(14)11(5-7(12)15-2)6-8(13)16-3/h4-6H2,1-3H3,(H,10,14). The van der Waals surface area contributed by atoms with Crippen molar-refractivity contribution in [2.45, 2.75) is 6.92 Å². The van der Waals surface area contributed by atoms with Crippen LogP contribution < -0.4 is 5.32 Å². The summed E-state index contributed by atoms with van der Waals surface area (Å²) in [5, 5.41) is 2.48. The van der Waals surface area contributed by atoms with Gasteiger partial charge in [0.1, 0.15) is 13.1 Å². The number of nitrogens with zero attached hydrogens (tertiary/aromatic N) is 1. The zero-order chi connectivity index (χ0) is 12.6. The van der Waals surface area contributed by atoms with Gasteiger partial charge in [-0.1, -0.05) is 0 Å². The molecule has 16 heavy (non-hydrogen) atoms. The number of esters is 2. The van der Waals surface area contributed by atoms with E-state index in [1.165, 1.54) is 14.2 Å². The van der Waals surface area contributed by atoms with Gasteiger partial charge >= 0.3 is 18.0 Å². The fourth-order valence-electron chi connectivity index (χ4n) is 0.903. The Morgan fingerprint density at radius 1 is 1.06 bits per heavy atom. The van der Waals surface area contributed by atoms with Gasteiger partial charge in [0, 0.05) is 6.54 Å². The molecule has 0 spiro atoms. The van der Waals surface area contributed by atoms with Crippen molar-refractivity contribution in [3.05, 3.63) is 0 Å². The zero-order valence-corrected chi connectivity index (χ0v) is 9.61. The van der Waals surface area contributed by atoms with E-state index in [1.807, 2.05) is 0 Å². The lowest BCUT2D eigenvalue weighted by Gasteiger charge is -2.19. The molecule has 0 radical (unpaired) electrons. The molecule has 0 atom stereocenters. The average molecular weight is 232 g/mol. The molecule has 0 aromatic rings. The quantitative estimate of drug-likeness (QED) is 0.637. The van der Waals surface area contributed by atoms with Gasteiger partial charge in [-0.3, -0.25) is 9.59 Å². The lowest BCUT2D eigenvalue weighted by molar-refractivity contribution is -0.144. The Labute approximate surface area is 93.7 Å². The van der Waals surface area contributed by atoms with Crippen LogP contribution in [0.1, 0.15) is 6.92 Å². The highest BCUT2D eigenvalue weighted by atomic mass is 16.5. The number of methoxy groups -OCH3 is 2. The molecular weight excluding hydrogens is 216 g/mol. The van der Waals surface area contributed by atoms with E-state index >= 15 is 0 Å². The number of carbonyl (C=O) groups excluding carboxylic acids is 3. The van der Waals surface area contributed by atoms with E-state index in [4.69, 9.17) is 0 Å². The third-order valence-electron chi connectivity index (χ3n) is 1.71. The molecule has 0 rings (SSSR count). The van der Waals surface area contributed by atoms with Crippen LogP contribution in [-0.4, -0.2) is 56.7 Å². The van der Waals surface area contributed by atoms with E-state index in [-0.39, 0.29) is 13.1 Å². The van der Waals surface area contributed by atoms with Crippen molar-refractivity contribution < 1.29 is 23.9 Å². The monoisotopic (exact) mass is 232 g/mol. The van der Waals surface area contributed by atoms with Crippen LogP contribution in [0, 0.1) is 0 Å². The van der Waals surface area contributed by atoms with Gasteiger partial charge in [-0.25, -0.2) is 4.79 Å². The second-order valence-electron chi connectivity index (χ2n) is 2.84. The predicted octanol–water partition coefficient (Wildman–Crippen LogP) is -0.636. The lowest BCUT2D eigenvalue weighted by atomic mass is 10.5. The first kappa shape index (κ1) is 14.2. The molecule has 0 aliphatic heterocycles. The van der Waals surface area contributed by atoms with E-state index in [1.54, 1.807) is 6.92 Å². The number of amides is 2. The Kier molecular flexibility index (Phi) is 6.66. The summed E-state index contributed by atoms with van der Waals surface area (Å²) in [7, 11) is 2.41.